The quantitative estimate of drug-likeness (QED) is 0.566. The number of rotatable bonds is 5. The smallest absolute Gasteiger partial charge is 0.177 e. The van der Waals surface area contributed by atoms with Crippen LogP contribution in [0.1, 0.15) is 50.6 Å². The van der Waals surface area contributed by atoms with E-state index in [4.69, 9.17) is 15.6 Å². The Balaban J connectivity index is 1.66. The fourth-order valence-corrected chi connectivity index (χ4v) is 4.02. The Morgan fingerprint density at radius 3 is 2.81 bits per heavy atom. The number of aromatic nitrogens is 2. The number of amidine groups is 1. The van der Waals surface area contributed by atoms with Gasteiger partial charge in [0.1, 0.15) is 17.1 Å². The van der Waals surface area contributed by atoms with Crippen LogP contribution in [0.25, 0.3) is 5.69 Å². The van der Waals surface area contributed by atoms with Crippen LogP contribution in [0.4, 0.5) is 0 Å². The van der Waals surface area contributed by atoms with Crippen molar-refractivity contribution in [1.29, 1.82) is 0 Å². The van der Waals surface area contributed by atoms with Gasteiger partial charge in [-0.3, -0.25) is 9.89 Å². The van der Waals surface area contributed by atoms with Crippen molar-refractivity contribution in [2.45, 2.75) is 51.6 Å². The Kier molecular flexibility index (Phi) is 5.85. The molecule has 0 spiro atoms. The molecule has 0 amide bonds. The molecule has 2 aromatic rings. The molecule has 3 heterocycles. The Morgan fingerprint density at radius 2 is 2.13 bits per heavy atom. The molecule has 31 heavy (non-hydrogen) atoms. The number of nitrogens with zero attached hydrogens (tertiary/aromatic N) is 5. The minimum atomic E-state index is -0.189. The van der Waals surface area contributed by atoms with Gasteiger partial charge in [-0.05, 0) is 51.5 Å². The maximum absolute atomic E-state index is 9.63. The average Bonchev–Trinajstić information content (AvgIpc) is 3.03. The number of aliphatic hydroxyl groups is 1. The number of hydrogen-bond acceptors (Lipinski definition) is 5. The zero-order valence-corrected chi connectivity index (χ0v) is 18.7. The lowest BCUT2D eigenvalue weighted by molar-refractivity contribution is -0.00250. The van der Waals surface area contributed by atoms with Crippen molar-refractivity contribution < 1.29 is 9.84 Å². The maximum atomic E-state index is 9.63. The van der Waals surface area contributed by atoms with Gasteiger partial charge in [0.25, 0.3) is 0 Å². The molecule has 1 aromatic heterocycles. The van der Waals surface area contributed by atoms with Crippen molar-refractivity contribution in [3.8, 4) is 11.4 Å². The Bertz CT molecular complexity index is 1000. The molecule has 8 heteroatoms. The fourth-order valence-electron chi connectivity index (χ4n) is 4.02. The van der Waals surface area contributed by atoms with E-state index in [1.165, 1.54) is 11.9 Å². The predicted molar refractivity (Wildman–Crippen MR) is 123 cm³/mol. The van der Waals surface area contributed by atoms with E-state index in [1.54, 1.807) is 0 Å². The topological polar surface area (TPSA) is 101 Å². The summed E-state index contributed by atoms with van der Waals surface area (Å²) in [6.45, 7) is 10.8. The zero-order valence-electron chi connectivity index (χ0n) is 18.7. The van der Waals surface area contributed by atoms with Crippen LogP contribution >= 0.6 is 0 Å². The summed E-state index contributed by atoms with van der Waals surface area (Å²) in [5, 5.41) is 14.5. The summed E-state index contributed by atoms with van der Waals surface area (Å²) in [5.41, 5.74) is 9.33. The first kappa shape index (κ1) is 21.5. The fraction of sp³-hybridized carbons (Fsp3) is 0.522. The number of likely N-dealkylation sites (tertiary alicyclic amines) is 1. The molecule has 0 radical (unpaired) electrons. The van der Waals surface area contributed by atoms with Crippen molar-refractivity contribution in [3.63, 3.8) is 0 Å². The lowest BCUT2D eigenvalue weighted by Crippen LogP contribution is -2.57. The van der Waals surface area contributed by atoms with Gasteiger partial charge in [0, 0.05) is 42.7 Å². The van der Waals surface area contributed by atoms with Gasteiger partial charge in [-0.25, -0.2) is 9.67 Å². The second-order valence-corrected chi connectivity index (χ2v) is 9.16. The second-order valence-electron chi connectivity index (χ2n) is 9.16. The highest BCUT2D eigenvalue weighted by molar-refractivity contribution is 6.01. The van der Waals surface area contributed by atoms with Gasteiger partial charge in [0.2, 0.25) is 0 Å². The van der Waals surface area contributed by atoms with Crippen LogP contribution in [0, 0.1) is 0 Å². The molecule has 3 N–H and O–H groups in total. The van der Waals surface area contributed by atoms with E-state index in [0.717, 1.165) is 36.6 Å². The first-order valence-corrected chi connectivity index (χ1v) is 10.9. The van der Waals surface area contributed by atoms with Gasteiger partial charge >= 0.3 is 0 Å². The van der Waals surface area contributed by atoms with Crippen molar-refractivity contribution in [2.75, 3.05) is 26.3 Å². The van der Waals surface area contributed by atoms with Gasteiger partial charge in [-0.1, -0.05) is 6.07 Å². The minimum absolute atomic E-state index is 0.0900. The highest BCUT2D eigenvalue weighted by atomic mass is 16.5. The van der Waals surface area contributed by atoms with Crippen LogP contribution in [-0.2, 0) is 6.42 Å². The molecular weight excluding hydrogens is 392 g/mol. The van der Waals surface area contributed by atoms with Crippen LogP contribution in [0.15, 0.2) is 34.3 Å². The molecule has 0 saturated carbocycles. The van der Waals surface area contributed by atoms with E-state index >= 15 is 0 Å². The minimum Gasteiger partial charge on any atom is -0.491 e. The summed E-state index contributed by atoms with van der Waals surface area (Å²) >= 11 is 0. The first-order valence-electron chi connectivity index (χ1n) is 10.9. The maximum Gasteiger partial charge on any atom is 0.177 e. The number of fused-ring (bicyclic) bond motifs is 3. The molecule has 166 valence electrons. The molecule has 0 aliphatic carbocycles. The molecule has 0 atom stereocenters. The van der Waals surface area contributed by atoms with Crippen molar-refractivity contribution >= 4 is 12.2 Å². The third kappa shape index (κ3) is 4.22. The molecule has 0 bridgehead atoms. The van der Waals surface area contributed by atoms with Gasteiger partial charge in [-0.2, -0.15) is 5.10 Å². The van der Waals surface area contributed by atoms with Gasteiger partial charge in [-0.15, -0.1) is 0 Å². The highest BCUT2D eigenvalue weighted by Crippen LogP contribution is 2.36. The monoisotopic (exact) mass is 424 g/mol. The van der Waals surface area contributed by atoms with Crippen molar-refractivity contribution in [1.82, 2.24) is 14.7 Å². The number of hydrogen-bond donors (Lipinski definition) is 2. The van der Waals surface area contributed by atoms with Crippen LogP contribution in [0.2, 0.25) is 0 Å². The van der Waals surface area contributed by atoms with E-state index in [-0.39, 0.29) is 18.2 Å². The van der Waals surface area contributed by atoms with E-state index in [0.29, 0.717) is 24.1 Å². The first-order chi connectivity index (χ1) is 14.8. The van der Waals surface area contributed by atoms with Gasteiger partial charge in [0.05, 0.1) is 19.6 Å². The summed E-state index contributed by atoms with van der Waals surface area (Å²) in [4.78, 5) is 11.1. The Hall–Kier alpha value is -2.71. The molecule has 0 unspecified atom stereocenters. The number of ether oxygens (including phenoxy) is 1. The summed E-state index contributed by atoms with van der Waals surface area (Å²) < 4.78 is 7.95. The summed E-state index contributed by atoms with van der Waals surface area (Å²) in [7, 11) is 0. The number of aliphatic hydroxyl groups excluding tert-OH is 1. The zero-order chi connectivity index (χ0) is 22.2. The third-order valence-electron chi connectivity index (χ3n) is 6.01. The molecule has 1 saturated heterocycles. The van der Waals surface area contributed by atoms with E-state index < -0.39 is 0 Å². The average molecular weight is 425 g/mol. The molecular formula is C23H32N6O2. The molecule has 2 aliphatic heterocycles. The number of nitrogens with two attached hydrogens (primary N) is 1. The number of aliphatic imine (C=N–C) groups is 2. The van der Waals surface area contributed by atoms with Gasteiger partial charge < -0.3 is 15.6 Å². The molecule has 8 nitrogen and oxygen atoms in total. The van der Waals surface area contributed by atoms with Crippen molar-refractivity contribution in [3.05, 3.63) is 41.2 Å². The standard InChI is InChI=1S/C23H32N6O2/c1-15(2)26-22(25-14-24)19-10-18-7-8-31-21-6-5-16(9-20(21)29(18)27-19)17-11-28(12-17)23(3,4)13-30/h5-6,9-10,14-15,17,30H,7-8,11-13H2,1-4H3,(H2,24,25,26). The number of benzene rings is 1. The normalized spacial score (nSPS) is 17.9. The Morgan fingerprint density at radius 1 is 1.35 bits per heavy atom. The predicted octanol–water partition coefficient (Wildman–Crippen LogP) is 2.12. The van der Waals surface area contributed by atoms with Crippen LogP contribution in [-0.4, -0.2) is 69.8 Å². The van der Waals surface area contributed by atoms with Crippen LogP contribution in [0.3, 0.4) is 0 Å². The molecule has 4 rings (SSSR count). The molecule has 1 fully saturated rings. The molecule has 2 aliphatic rings. The summed E-state index contributed by atoms with van der Waals surface area (Å²) in [5.74, 6) is 1.80. The molecule has 1 aromatic carbocycles. The van der Waals surface area contributed by atoms with E-state index in [1.807, 2.05) is 30.7 Å². The lowest BCUT2D eigenvalue weighted by atomic mass is 9.86. The van der Waals surface area contributed by atoms with E-state index in [9.17, 15) is 5.11 Å². The van der Waals surface area contributed by atoms with Crippen LogP contribution < -0.4 is 10.5 Å². The second kappa shape index (κ2) is 8.43. The highest BCUT2D eigenvalue weighted by Gasteiger charge is 2.37. The third-order valence-corrected chi connectivity index (χ3v) is 6.01. The van der Waals surface area contributed by atoms with Crippen LogP contribution in [0.5, 0.6) is 5.75 Å². The summed E-state index contributed by atoms with van der Waals surface area (Å²) in [6, 6.07) is 8.48. The van der Waals surface area contributed by atoms with Crippen molar-refractivity contribution in [2.24, 2.45) is 15.7 Å². The summed E-state index contributed by atoms with van der Waals surface area (Å²) in [6.07, 6.45) is 2.01. The van der Waals surface area contributed by atoms with Gasteiger partial charge in [0.15, 0.2) is 5.84 Å². The van der Waals surface area contributed by atoms with E-state index in [2.05, 4.69) is 40.9 Å². The lowest BCUT2D eigenvalue weighted by Gasteiger charge is -2.48. The largest absolute Gasteiger partial charge is 0.491 e. The Labute approximate surface area is 183 Å². The SMILES string of the molecule is CC(C)N=C(N=CN)c1cc2n(n1)-c1cc(C3CN(C(C)(C)CO)C3)ccc1OCC2.